The van der Waals surface area contributed by atoms with Crippen LogP contribution in [-0.4, -0.2) is 33.0 Å². The summed E-state index contributed by atoms with van der Waals surface area (Å²) in [6, 6.07) is 17.0. The maximum absolute atomic E-state index is 6.87. The molecule has 54 heavy (non-hydrogen) atoms. The van der Waals surface area contributed by atoms with Crippen molar-refractivity contribution in [1.29, 1.82) is 0 Å². The zero-order valence-corrected chi connectivity index (χ0v) is 36.3. The molecule has 0 aliphatic rings. The molecule has 0 aliphatic heterocycles. The van der Waals surface area contributed by atoms with E-state index in [1.807, 2.05) is 0 Å². The monoisotopic (exact) mass is 808 g/mol. The van der Waals surface area contributed by atoms with Crippen molar-refractivity contribution >= 4 is 15.9 Å². The summed E-state index contributed by atoms with van der Waals surface area (Å²) in [5.74, 6) is 4.20. The van der Waals surface area contributed by atoms with Crippen molar-refractivity contribution in [3.63, 3.8) is 0 Å². The van der Waals surface area contributed by atoms with Gasteiger partial charge in [0.2, 0.25) is 0 Å². The van der Waals surface area contributed by atoms with Gasteiger partial charge in [-0.05, 0) is 68.5 Å². The van der Waals surface area contributed by atoms with Crippen LogP contribution in [0.25, 0.3) is 22.3 Å². The van der Waals surface area contributed by atoms with E-state index in [4.69, 9.17) is 23.7 Å². The van der Waals surface area contributed by atoms with Crippen LogP contribution in [-0.2, 0) is 0 Å². The summed E-state index contributed by atoms with van der Waals surface area (Å²) in [6.45, 7) is 14.6. The summed E-state index contributed by atoms with van der Waals surface area (Å²) in [5.41, 5.74) is 4.00. The van der Waals surface area contributed by atoms with E-state index in [-0.39, 0.29) is 0 Å². The Balaban J connectivity index is 2.09. The van der Waals surface area contributed by atoms with Gasteiger partial charge in [-0.15, -0.1) is 0 Å². The number of halogens is 1. The van der Waals surface area contributed by atoms with Crippen LogP contribution < -0.4 is 23.7 Å². The Labute approximate surface area is 338 Å². The standard InChI is InChI=1S/C48H73BrO5/c1-6-11-16-21-30-50-40-26-28-42(46(37-40)52-32-23-18-13-8-3)44-35-39(49)36-45(48(44)54-34-25-20-15-10-5)43-29-27-41(51-31-22-17-12-7-2)38-47(43)53-33-24-19-14-9-4/h26-29,35-38H,6-25,30-34H2,1-5H3. The fourth-order valence-electron chi connectivity index (χ4n) is 6.58. The topological polar surface area (TPSA) is 46.2 Å². The molecular weight excluding hydrogens is 736 g/mol. The summed E-state index contributed by atoms with van der Waals surface area (Å²) in [7, 11) is 0. The fraction of sp³-hybridized carbons (Fsp3) is 0.625. The van der Waals surface area contributed by atoms with Gasteiger partial charge in [-0.2, -0.15) is 0 Å². The first kappa shape index (κ1) is 45.5. The predicted molar refractivity (Wildman–Crippen MR) is 233 cm³/mol. The van der Waals surface area contributed by atoms with Gasteiger partial charge in [0, 0.05) is 38.9 Å². The first-order chi connectivity index (χ1) is 26.6. The van der Waals surface area contributed by atoms with Gasteiger partial charge in [0.05, 0.1) is 33.0 Å². The van der Waals surface area contributed by atoms with Crippen molar-refractivity contribution in [2.24, 2.45) is 0 Å². The first-order valence-electron chi connectivity index (χ1n) is 21.8. The van der Waals surface area contributed by atoms with Crippen LogP contribution in [0.5, 0.6) is 28.7 Å². The molecule has 0 fully saturated rings. The Kier molecular flexibility index (Phi) is 24.1. The molecule has 0 heterocycles. The molecule has 0 radical (unpaired) electrons. The predicted octanol–water partition coefficient (Wildman–Crippen LogP) is 15.6. The van der Waals surface area contributed by atoms with Gasteiger partial charge >= 0.3 is 0 Å². The number of rotatable bonds is 32. The molecule has 3 aromatic carbocycles. The Bertz CT molecular complexity index is 1330. The molecule has 0 saturated heterocycles. The molecule has 0 aromatic heterocycles. The SMILES string of the molecule is CCCCCCOc1ccc(-c2cc(Br)cc(-c3ccc(OCCCCCC)cc3OCCCCCC)c2OCCCCCC)c(OCCCCCC)c1. The minimum absolute atomic E-state index is 0.639. The van der Waals surface area contributed by atoms with E-state index in [2.05, 4.69) is 99.1 Å². The van der Waals surface area contributed by atoms with Crippen LogP contribution in [0.1, 0.15) is 163 Å². The van der Waals surface area contributed by atoms with E-state index in [0.717, 1.165) is 107 Å². The molecule has 3 rings (SSSR count). The molecule has 0 unspecified atom stereocenters. The van der Waals surface area contributed by atoms with Crippen molar-refractivity contribution in [3.05, 3.63) is 53.0 Å². The zero-order valence-electron chi connectivity index (χ0n) is 34.7. The third kappa shape index (κ3) is 16.9. The average Bonchev–Trinajstić information content (AvgIpc) is 3.18. The minimum atomic E-state index is 0.639. The van der Waals surface area contributed by atoms with E-state index in [1.54, 1.807) is 0 Å². The second-order valence-electron chi connectivity index (χ2n) is 14.7. The number of hydrogen-bond donors (Lipinski definition) is 0. The molecule has 0 bridgehead atoms. The highest BCUT2D eigenvalue weighted by Crippen LogP contribution is 2.48. The van der Waals surface area contributed by atoms with Gasteiger partial charge < -0.3 is 23.7 Å². The van der Waals surface area contributed by atoms with Crippen molar-refractivity contribution in [2.75, 3.05) is 33.0 Å². The van der Waals surface area contributed by atoms with Crippen molar-refractivity contribution in [1.82, 2.24) is 0 Å². The van der Waals surface area contributed by atoms with Gasteiger partial charge in [0.25, 0.3) is 0 Å². The number of unbranched alkanes of at least 4 members (excludes halogenated alkanes) is 15. The molecule has 0 spiro atoms. The van der Waals surface area contributed by atoms with Crippen LogP contribution in [0.2, 0.25) is 0 Å². The van der Waals surface area contributed by atoms with Crippen LogP contribution >= 0.6 is 15.9 Å². The number of benzene rings is 3. The second kappa shape index (κ2) is 28.5. The molecule has 0 aliphatic carbocycles. The second-order valence-corrected chi connectivity index (χ2v) is 15.6. The largest absolute Gasteiger partial charge is 0.493 e. The minimum Gasteiger partial charge on any atom is -0.493 e. The Morgan fingerprint density at radius 2 is 0.685 bits per heavy atom. The molecule has 6 heteroatoms. The summed E-state index contributed by atoms with van der Waals surface area (Å²) >= 11 is 3.91. The van der Waals surface area contributed by atoms with E-state index >= 15 is 0 Å². The molecule has 0 amide bonds. The van der Waals surface area contributed by atoms with Crippen molar-refractivity contribution in [3.8, 4) is 51.0 Å². The lowest BCUT2D eigenvalue weighted by Gasteiger charge is -2.22. The van der Waals surface area contributed by atoms with Crippen molar-refractivity contribution < 1.29 is 23.7 Å². The number of hydrogen-bond acceptors (Lipinski definition) is 5. The van der Waals surface area contributed by atoms with Gasteiger partial charge in [0.1, 0.15) is 28.7 Å². The zero-order chi connectivity index (χ0) is 38.6. The molecule has 0 saturated carbocycles. The summed E-state index contributed by atoms with van der Waals surface area (Å²) in [5, 5.41) is 0. The fourth-order valence-corrected chi connectivity index (χ4v) is 7.04. The van der Waals surface area contributed by atoms with Crippen LogP contribution in [0.3, 0.4) is 0 Å². The van der Waals surface area contributed by atoms with Gasteiger partial charge in [-0.3, -0.25) is 0 Å². The Morgan fingerprint density at radius 3 is 1.04 bits per heavy atom. The molecular formula is C48H73BrO5. The highest BCUT2D eigenvalue weighted by molar-refractivity contribution is 9.10. The Morgan fingerprint density at radius 1 is 0.352 bits per heavy atom. The number of ether oxygens (including phenoxy) is 5. The van der Waals surface area contributed by atoms with E-state index in [0.29, 0.717) is 33.0 Å². The van der Waals surface area contributed by atoms with E-state index in [1.165, 1.54) is 77.0 Å². The van der Waals surface area contributed by atoms with E-state index in [9.17, 15) is 0 Å². The highest BCUT2D eigenvalue weighted by atomic mass is 79.9. The highest BCUT2D eigenvalue weighted by Gasteiger charge is 2.22. The van der Waals surface area contributed by atoms with Crippen LogP contribution in [0, 0.1) is 0 Å². The molecule has 3 aromatic rings. The van der Waals surface area contributed by atoms with Gasteiger partial charge in [-0.1, -0.05) is 147 Å². The maximum Gasteiger partial charge on any atom is 0.135 e. The molecule has 0 atom stereocenters. The van der Waals surface area contributed by atoms with Crippen LogP contribution in [0.15, 0.2) is 53.0 Å². The Hall–Kier alpha value is -2.86. The quantitative estimate of drug-likeness (QED) is 0.0588. The lowest BCUT2D eigenvalue weighted by molar-refractivity contribution is 0.290. The smallest absolute Gasteiger partial charge is 0.135 e. The maximum atomic E-state index is 6.87. The first-order valence-corrected chi connectivity index (χ1v) is 22.6. The van der Waals surface area contributed by atoms with Gasteiger partial charge in [0.15, 0.2) is 0 Å². The summed E-state index contributed by atoms with van der Waals surface area (Å²) < 4.78 is 33.6. The summed E-state index contributed by atoms with van der Waals surface area (Å²) in [4.78, 5) is 0. The third-order valence-electron chi connectivity index (χ3n) is 9.83. The molecule has 0 N–H and O–H groups in total. The third-order valence-corrected chi connectivity index (χ3v) is 10.3. The molecule has 5 nitrogen and oxygen atoms in total. The average molecular weight is 810 g/mol. The normalized spacial score (nSPS) is 11.1. The van der Waals surface area contributed by atoms with Crippen molar-refractivity contribution in [2.45, 2.75) is 163 Å². The summed E-state index contributed by atoms with van der Waals surface area (Å²) in [6.07, 6.45) is 23.1. The van der Waals surface area contributed by atoms with Gasteiger partial charge in [-0.25, -0.2) is 0 Å². The van der Waals surface area contributed by atoms with Crippen LogP contribution in [0.4, 0.5) is 0 Å². The lowest BCUT2D eigenvalue weighted by atomic mass is 9.95. The van der Waals surface area contributed by atoms with E-state index < -0.39 is 0 Å². The molecule has 302 valence electrons. The lowest BCUT2D eigenvalue weighted by Crippen LogP contribution is -2.05.